The molecule has 0 radical (unpaired) electrons. The van der Waals surface area contributed by atoms with Crippen molar-refractivity contribution in [2.75, 3.05) is 39.4 Å². The van der Waals surface area contributed by atoms with Crippen LogP contribution in [0.1, 0.15) is 435 Å². The third-order valence-electron chi connectivity index (χ3n) is 21.4. The van der Waals surface area contributed by atoms with Crippen LogP contribution in [0.4, 0.5) is 4.39 Å². The molecule has 540 valence electrons. The molecule has 1 fully saturated rings. The highest BCUT2D eigenvalue weighted by atomic mass is 19.1. The van der Waals surface area contributed by atoms with Gasteiger partial charge in [-0.2, -0.15) is 0 Å². The van der Waals surface area contributed by atoms with Crippen LogP contribution >= 0.6 is 0 Å². The molecule has 8 heteroatoms. The number of unbranched alkanes of at least 4 members (excludes halogenated alkanes) is 29. The Morgan fingerprint density at radius 1 is 0.385 bits per heavy atom. The molecule has 1 rings (SSSR count). The fourth-order valence-corrected chi connectivity index (χ4v) is 15.4. The van der Waals surface area contributed by atoms with Crippen LogP contribution in [0, 0.1) is 29.1 Å². The second-order valence-electron chi connectivity index (χ2n) is 30.1. The van der Waals surface area contributed by atoms with Crippen molar-refractivity contribution in [1.82, 2.24) is 9.80 Å². The predicted octanol–water partition coefficient (Wildman–Crippen LogP) is 26.2. The lowest BCUT2D eigenvalue weighted by Gasteiger charge is -2.38. The topological polar surface area (TPSA) is 76.2 Å². The molecule has 0 bridgehead atoms. The summed E-state index contributed by atoms with van der Waals surface area (Å²) in [6.07, 6.45) is 64.2. The summed E-state index contributed by atoms with van der Waals surface area (Å²) < 4.78 is 29.1. The molecule has 1 amide bonds. The first-order chi connectivity index (χ1) is 44.5. The maximum absolute atomic E-state index is 16.4. The summed E-state index contributed by atoms with van der Waals surface area (Å²) >= 11 is 0. The summed E-state index contributed by atoms with van der Waals surface area (Å²) in [5.74, 6) is 1.95. The molecule has 0 aromatic carbocycles. The van der Waals surface area contributed by atoms with Gasteiger partial charge in [0.1, 0.15) is 0 Å². The molecule has 1 aliphatic heterocycles. The first-order valence-corrected chi connectivity index (χ1v) is 41.5. The first-order valence-electron chi connectivity index (χ1n) is 41.5. The molecule has 1 aliphatic rings. The molecule has 0 spiro atoms. The lowest BCUT2D eigenvalue weighted by Crippen LogP contribution is -2.45. The number of nitrogens with zero attached hydrogens (tertiary/aromatic N) is 2. The molecule has 1 saturated heterocycles. The van der Waals surface area contributed by atoms with Crippen molar-refractivity contribution in [2.24, 2.45) is 29.1 Å². The molecule has 91 heavy (non-hydrogen) atoms. The minimum absolute atomic E-state index is 0.0268. The van der Waals surface area contributed by atoms with Crippen molar-refractivity contribution in [3.05, 3.63) is 0 Å². The van der Waals surface area contributed by atoms with Crippen LogP contribution in [-0.4, -0.2) is 79.3 Å². The Morgan fingerprint density at radius 3 is 1.18 bits per heavy atom. The number of halogens is 1. The summed E-state index contributed by atoms with van der Waals surface area (Å²) in [5.41, 5.74) is -0.444. The number of carbonyl (C=O) groups is 3. The van der Waals surface area contributed by atoms with Gasteiger partial charge in [0.25, 0.3) is 5.91 Å². The molecule has 6 atom stereocenters. The van der Waals surface area contributed by atoms with Crippen molar-refractivity contribution >= 4 is 17.8 Å². The monoisotopic (exact) mass is 1290 g/mol. The molecule has 1 heterocycles. The second kappa shape index (κ2) is 63.1. The molecule has 0 saturated carbocycles. The molecule has 7 nitrogen and oxygen atoms in total. The summed E-state index contributed by atoms with van der Waals surface area (Å²) in [7, 11) is 0. The quantitative estimate of drug-likeness (QED) is 0.0446. The lowest BCUT2D eigenvalue weighted by atomic mass is 9.67. The first kappa shape index (κ1) is 87.3. The van der Waals surface area contributed by atoms with Crippen LogP contribution in [0.2, 0.25) is 0 Å². The van der Waals surface area contributed by atoms with Crippen molar-refractivity contribution in [2.45, 2.75) is 447 Å². The summed E-state index contributed by atoms with van der Waals surface area (Å²) in [4.78, 5) is 47.6. The van der Waals surface area contributed by atoms with Crippen LogP contribution in [0.3, 0.4) is 0 Å². The van der Waals surface area contributed by atoms with Gasteiger partial charge < -0.3 is 19.3 Å². The molecule has 6 unspecified atom stereocenters. The van der Waals surface area contributed by atoms with Crippen molar-refractivity contribution in [1.29, 1.82) is 0 Å². The maximum atomic E-state index is 16.4. The van der Waals surface area contributed by atoms with Gasteiger partial charge in [0, 0.05) is 19.0 Å². The number of likely N-dealkylation sites (tertiary alicyclic amines) is 1. The number of amides is 1. The number of ether oxygens (including phenoxy) is 2. The number of carbonyl (C=O) groups excluding carboxylic acids is 3. The third kappa shape index (κ3) is 47.0. The number of hydrogen-bond donors (Lipinski definition) is 0. The van der Waals surface area contributed by atoms with Gasteiger partial charge in [0.05, 0.1) is 18.6 Å². The van der Waals surface area contributed by atoms with Gasteiger partial charge in [-0.3, -0.25) is 14.4 Å². The Kier molecular flexibility index (Phi) is 60.5. The standard InChI is InChI=1S/C83H161FN2O5/c1-10-19-28-36-47-63-79(84)81(88)86(69-52-68-85-66-50-51-67-85)78(61-45-37-33-34-39-48-64-80(87)90-72-76(55-26-17-8)59-43-31-22-13-4)62-46-38-35-40-49-65-83(70-74(53-24-15-6)57-41-29-20-11-2,71-75(54-25-16-7)58-42-30-21-12-3)82(89)91-73-77(56-27-18-9)60-44-32-23-14-5/h74-79H,10-73H2,1-9H3. The smallest absolute Gasteiger partial charge is 0.312 e. The summed E-state index contributed by atoms with van der Waals surface area (Å²) in [6, 6.07) is 0.0527. The van der Waals surface area contributed by atoms with E-state index < -0.39 is 11.6 Å². The molecule has 0 aromatic rings. The highest BCUT2D eigenvalue weighted by molar-refractivity contribution is 5.81. The molecular formula is C83H161FN2O5. The number of alkyl halides is 1. The van der Waals surface area contributed by atoms with Gasteiger partial charge in [-0.15, -0.1) is 0 Å². The zero-order valence-electron chi connectivity index (χ0n) is 63.0. The zero-order chi connectivity index (χ0) is 66.5. The van der Waals surface area contributed by atoms with E-state index in [1.807, 2.05) is 0 Å². The van der Waals surface area contributed by atoms with E-state index in [4.69, 9.17) is 9.47 Å². The normalized spacial score (nSPS) is 15.5. The Bertz CT molecular complexity index is 1560. The van der Waals surface area contributed by atoms with Crippen molar-refractivity contribution in [3.63, 3.8) is 0 Å². The van der Waals surface area contributed by atoms with Crippen LogP contribution in [0.5, 0.6) is 0 Å². The highest BCUT2D eigenvalue weighted by Gasteiger charge is 2.43. The molecular weight excluding hydrogens is 1120 g/mol. The minimum atomic E-state index is -1.42. The minimum Gasteiger partial charge on any atom is -0.465 e. The fraction of sp³-hybridized carbons (Fsp3) is 0.964. The van der Waals surface area contributed by atoms with E-state index in [-0.39, 0.29) is 23.9 Å². The second-order valence-corrected chi connectivity index (χ2v) is 30.1. The molecule has 0 N–H and O–H groups in total. The van der Waals surface area contributed by atoms with Crippen LogP contribution < -0.4 is 0 Å². The summed E-state index contributed by atoms with van der Waals surface area (Å²) in [5, 5.41) is 0. The van der Waals surface area contributed by atoms with E-state index in [1.165, 1.54) is 212 Å². The van der Waals surface area contributed by atoms with Gasteiger partial charge >= 0.3 is 11.9 Å². The van der Waals surface area contributed by atoms with Gasteiger partial charge in [0.2, 0.25) is 0 Å². The Hall–Kier alpha value is -1.70. The Morgan fingerprint density at radius 2 is 0.725 bits per heavy atom. The van der Waals surface area contributed by atoms with Crippen molar-refractivity contribution < 1.29 is 28.2 Å². The van der Waals surface area contributed by atoms with Crippen LogP contribution in [0.15, 0.2) is 0 Å². The van der Waals surface area contributed by atoms with Crippen LogP contribution in [-0.2, 0) is 23.9 Å². The third-order valence-corrected chi connectivity index (χ3v) is 21.4. The average molecular weight is 1290 g/mol. The average Bonchev–Trinajstić information content (AvgIpc) is 2.08. The van der Waals surface area contributed by atoms with Gasteiger partial charge in [0.15, 0.2) is 6.17 Å². The van der Waals surface area contributed by atoms with Gasteiger partial charge in [-0.25, -0.2) is 4.39 Å². The SMILES string of the molecule is CCCCCCCC(F)C(=O)N(CCCN1CCCC1)C(CCCCCCCCC(=O)OCC(CCCC)CCCCCC)CCCCCCCC(CC(CCCC)CCCCCC)(CC(CCCC)CCCCCC)C(=O)OCC(CCCC)CCCCCC. The number of esters is 2. The summed E-state index contributed by atoms with van der Waals surface area (Å²) in [6.45, 7) is 25.7. The number of rotatable bonds is 70. The Labute approximate surface area is 568 Å². The van der Waals surface area contributed by atoms with Crippen molar-refractivity contribution in [3.8, 4) is 0 Å². The number of hydrogen-bond acceptors (Lipinski definition) is 6. The lowest BCUT2D eigenvalue weighted by molar-refractivity contribution is -0.161. The highest BCUT2D eigenvalue weighted by Crippen LogP contribution is 2.45. The zero-order valence-corrected chi connectivity index (χ0v) is 63.0. The van der Waals surface area contributed by atoms with E-state index in [0.29, 0.717) is 56.3 Å². The van der Waals surface area contributed by atoms with Gasteiger partial charge in [-0.1, -0.05) is 338 Å². The van der Waals surface area contributed by atoms with Crippen LogP contribution in [0.25, 0.3) is 0 Å². The van der Waals surface area contributed by atoms with E-state index in [1.54, 1.807) is 0 Å². The van der Waals surface area contributed by atoms with Gasteiger partial charge in [-0.05, 0) is 133 Å². The van der Waals surface area contributed by atoms with E-state index >= 15 is 9.18 Å². The molecule has 0 aromatic heterocycles. The maximum Gasteiger partial charge on any atom is 0.312 e. The van der Waals surface area contributed by atoms with E-state index in [9.17, 15) is 9.59 Å². The molecule has 0 aliphatic carbocycles. The van der Waals surface area contributed by atoms with E-state index in [0.717, 1.165) is 167 Å². The van der Waals surface area contributed by atoms with E-state index in [2.05, 4.69) is 72.1 Å². The fourth-order valence-electron chi connectivity index (χ4n) is 15.4. The largest absolute Gasteiger partial charge is 0.465 e. The predicted molar refractivity (Wildman–Crippen MR) is 394 cm³/mol. The Balaban J connectivity index is 3.45.